The Morgan fingerprint density at radius 2 is 1.52 bits per heavy atom. The second-order valence-corrected chi connectivity index (χ2v) is 6.69. The Morgan fingerprint density at radius 3 is 2.28 bits per heavy atom. The summed E-state index contributed by atoms with van der Waals surface area (Å²) in [6.07, 6.45) is 0.857. The second-order valence-electron chi connectivity index (χ2n) is 6.69. The molecular weight excluding hydrogens is 368 g/mol. The van der Waals surface area contributed by atoms with Gasteiger partial charge in [0.05, 0.1) is 13.2 Å². The van der Waals surface area contributed by atoms with Crippen LogP contribution in [-0.4, -0.2) is 25.0 Å². The molecule has 0 radical (unpaired) electrons. The summed E-state index contributed by atoms with van der Waals surface area (Å²) < 4.78 is 11.4. The molecule has 1 aliphatic rings. The number of hydrogen-bond donors (Lipinski definition) is 2. The number of rotatable bonds is 4. The zero-order valence-electron chi connectivity index (χ0n) is 15.7. The van der Waals surface area contributed by atoms with Gasteiger partial charge in [-0.2, -0.15) is 0 Å². The molecule has 1 heterocycles. The van der Waals surface area contributed by atoms with E-state index in [1.807, 2.05) is 30.3 Å². The molecule has 0 aromatic heterocycles. The lowest BCUT2D eigenvalue weighted by Gasteiger charge is -2.10. The zero-order valence-corrected chi connectivity index (χ0v) is 15.7. The topological polar surface area (TPSA) is 90.7 Å². The summed E-state index contributed by atoms with van der Waals surface area (Å²) in [7, 11) is 0. The van der Waals surface area contributed by atoms with E-state index in [-0.39, 0.29) is 5.91 Å². The van der Waals surface area contributed by atoms with E-state index < -0.39 is 5.91 Å². The van der Waals surface area contributed by atoms with Crippen LogP contribution in [0, 0.1) is 0 Å². The SMILES string of the molecule is NC(=O)c1cccc(NC(=O)c2ccc(-c3ccc4c(c3)OCCCO4)cc2)c1. The first kappa shape index (κ1) is 18.6. The van der Waals surface area contributed by atoms with Crippen molar-refractivity contribution in [2.24, 2.45) is 5.73 Å². The smallest absolute Gasteiger partial charge is 0.255 e. The molecule has 146 valence electrons. The van der Waals surface area contributed by atoms with Crippen LogP contribution in [0.1, 0.15) is 27.1 Å². The molecule has 0 bridgehead atoms. The van der Waals surface area contributed by atoms with Gasteiger partial charge in [-0.1, -0.05) is 24.3 Å². The van der Waals surface area contributed by atoms with Gasteiger partial charge in [0, 0.05) is 23.2 Å². The lowest BCUT2D eigenvalue weighted by atomic mass is 10.0. The average molecular weight is 388 g/mol. The fourth-order valence-electron chi connectivity index (χ4n) is 3.11. The Balaban J connectivity index is 1.50. The number of fused-ring (bicyclic) bond motifs is 1. The lowest BCUT2D eigenvalue weighted by molar-refractivity contribution is 0.0996. The first-order valence-corrected chi connectivity index (χ1v) is 9.31. The number of ether oxygens (including phenoxy) is 2. The Labute approximate surface area is 168 Å². The largest absolute Gasteiger partial charge is 0.490 e. The molecule has 2 amide bonds. The van der Waals surface area contributed by atoms with Gasteiger partial charge in [0.2, 0.25) is 5.91 Å². The highest BCUT2D eigenvalue weighted by atomic mass is 16.5. The predicted molar refractivity (Wildman–Crippen MR) is 110 cm³/mol. The molecule has 3 aromatic carbocycles. The van der Waals surface area contributed by atoms with E-state index in [1.165, 1.54) is 0 Å². The number of amides is 2. The normalized spacial score (nSPS) is 12.7. The van der Waals surface area contributed by atoms with Gasteiger partial charge in [-0.15, -0.1) is 0 Å². The average Bonchev–Trinajstić information content (AvgIpc) is 2.99. The van der Waals surface area contributed by atoms with Crippen LogP contribution in [0.4, 0.5) is 5.69 Å². The van der Waals surface area contributed by atoms with Crippen molar-refractivity contribution in [3.8, 4) is 22.6 Å². The highest BCUT2D eigenvalue weighted by molar-refractivity contribution is 6.05. The molecule has 0 aliphatic carbocycles. The fourth-order valence-corrected chi connectivity index (χ4v) is 3.11. The summed E-state index contributed by atoms with van der Waals surface area (Å²) in [5, 5.41) is 2.78. The molecule has 0 atom stereocenters. The van der Waals surface area contributed by atoms with Gasteiger partial charge in [0.1, 0.15) is 0 Å². The monoisotopic (exact) mass is 388 g/mol. The Bertz CT molecular complexity index is 1060. The quantitative estimate of drug-likeness (QED) is 0.710. The van der Waals surface area contributed by atoms with Gasteiger partial charge in [0.15, 0.2) is 11.5 Å². The number of carbonyl (C=O) groups excluding carboxylic acids is 2. The summed E-state index contributed by atoms with van der Waals surface area (Å²) in [5.41, 5.74) is 8.59. The first-order valence-electron chi connectivity index (χ1n) is 9.31. The highest BCUT2D eigenvalue weighted by Crippen LogP contribution is 2.34. The van der Waals surface area contributed by atoms with Gasteiger partial charge in [-0.25, -0.2) is 0 Å². The van der Waals surface area contributed by atoms with Crippen LogP contribution in [0.25, 0.3) is 11.1 Å². The molecule has 29 heavy (non-hydrogen) atoms. The summed E-state index contributed by atoms with van der Waals surface area (Å²) >= 11 is 0. The van der Waals surface area contributed by atoms with Crippen molar-refractivity contribution < 1.29 is 19.1 Å². The van der Waals surface area contributed by atoms with Crippen LogP contribution >= 0.6 is 0 Å². The summed E-state index contributed by atoms with van der Waals surface area (Å²) in [4.78, 5) is 23.8. The Kier molecular flexibility index (Phi) is 5.16. The highest BCUT2D eigenvalue weighted by Gasteiger charge is 2.12. The van der Waals surface area contributed by atoms with Crippen molar-refractivity contribution in [1.29, 1.82) is 0 Å². The number of nitrogens with one attached hydrogen (secondary N) is 1. The first-order chi connectivity index (χ1) is 14.1. The second kappa shape index (κ2) is 8.06. The van der Waals surface area contributed by atoms with Gasteiger partial charge >= 0.3 is 0 Å². The molecule has 0 saturated carbocycles. The number of hydrogen-bond acceptors (Lipinski definition) is 4. The summed E-state index contributed by atoms with van der Waals surface area (Å²) in [6, 6.07) is 19.6. The zero-order chi connectivity index (χ0) is 20.2. The van der Waals surface area contributed by atoms with Gasteiger partial charge in [0.25, 0.3) is 5.91 Å². The van der Waals surface area contributed by atoms with Crippen molar-refractivity contribution >= 4 is 17.5 Å². The summed E-state index contributed by atoms with van der Waals surface area (Å²) in [6.45, 7) is 1.28. The molecule has 0 saturated heterocycles. The molecule has 3 N–H and O–H groups in total. The molecule has 4 rings (SSSR count). The Hall–Kier alpha value is -3.80. The maximum absolute atomic E-state index is 12.5. The number of carbonyl (C=O) groups is 2. The summed E-state index contributed by atoms with van der Waals surface area (Å²) in [5.74, 6) is 0.675. The van der Waals surface area contributed by atoms with Crippen LogP contribution < -0.4 is 20.5 Å². The van der Waals surface area contributed by atoms with Gasteiger partial charge in [-0.05, 0) is 53.6 Å². The number of anilines is 1. The van der Waals surface area contributed by atoms with Crippen molar-refractivity contribution in [3.63, 3.8) is 0 Å². The van der Waals surface area contributed by atoms with E-state index in [1.54, 1.807) is 36.4 Å². The minimum absolute atomic E-state index is 0.267. The molecule has 0 fully saturated rings. The maximum atomic E-state index is 12.5. The third kappa shape index (κ3) is 4.21. The minimum Gasteiger partial charge on any atom is -0.490 e. The number of benzene rings is 3. The van der Waals surface area contributed by atoms with E-state index in [0.717, 1.165) is 29.0 Å². The fraction of sp³-hybridized carbons (Fsp3) is 0.130. The van der Waals surface area contributed by atoms with E-state index in [4.69, 9.17) is 15.2 Å². The third-order valence-corrected chi connectivity index (χ3v) is 4.63. The maximum Gasteiger partial charge on any atom is 0.255 e. The van der Waals surface area contributed by atoms with E-state index in [0.29, 0.717) is 30.0 Å². The molecule has 6 nitrogen and oxygen atoms in total. The van der Waals surface area contributed by atoms with Gasteiger partial charge < -0.3 is 20.5 Å². The van der Waals surface area contributed by atoms with Crippen molar-refractivity contribution in [2.75, 3.05) is 18.5 Å². The van der Waals surface area contributed by atoms with Crippen molar-refractivity contribution in [3.05, 3.63) is 77.9 Å². The Morgan fingerprint density at radius 1 is 0.793 bits per heavy atom. The van der Waals surface area contributed by atoms with E-state index in [9.17, 15) is 9.59 Å². The third-order valence-electron chi connectivity index (χ3n) is 4.63. The van der Waals surface area contributed by atoms with Crippen LogP contribution in [0.5, 0.6) is 11.5 Å². The van der Waals surface area contributed by atoms with Crippen LogP contribution in [0.15, 0.2) is 66.7 Å². The van der Waals surface area contributed by atoms with Crippen molar-refractivity contribution in [1.82, 2.24) is 0 Å². The van der Waals surface area contributed by atoms with Crippen LogP contribution in [0.3, 0.4) is 0 Å². The van der Waals surface area contributed by atoms with Gasteiger partial charge in [-0.3, -0.25) is 9.59 Å². The molecule has 0 spiro atoms. The van der Waals surface area contributed by atoms with Crippen LogP contribution in [-0.2, 0) is 0 Å². The number of nitrogens with two attached hydrogens (primary N) is 1. The van der Waals surface area contributed by atoms with E-state index >= 15 is 0 Å². The molecular formula is C23H20N2O4. The molecule has 0 unspecified atom stereocenters. The van der Waals surface area contributed by atoms with Crippen molar-refractivity contribution in [2.45, 2.75) is 6.42 Å². The minimum atomic E-state index is -0.541. The molecule has 1 aliphatic heterocycles. The van der Waals surface area contributed by atoms with Crippen LogP contribution in [0.2, 0.25) is 0 Å². The predicted octanol–water partition coefficient (Wildman–Crippen LogP) is 3.87. The standard InChI is InChI=1S/C23H20N2O4/c24-22(26)18-3-1-4-19(13-18)25-23(27)16-7-5-15(6-8-16)17-9-10-20-21(14-17)29-12-2-11-28-20/h1,3-10,13-14H,2,11-12H2,(H2,24,26)(H,25,27). The van der Waals surface area contributed by atoms with E-state index in [2.05, 4.69) is 5.32 Å². The lowest BCUT2D eigenvalue weighted by Crippen LogP contribution is -2.14. The molecule has 3 aromatic rings. The molecule has 6 heteroatoms. The number of primary amides is 1.